The number of hydrogen-bond donors (Lipinski definition) is 0. The Kier molecular flexibility index (Phi) is 58.2. The first-order chi connectivity index (χ1) is 35.5. The highest BCUT2D eigenvalue weighted by Gasteiger charge is 2.19. The summed E-state index contributed by atoms with van der Waals surface area (Å²) < 4.78 is 16.8. The van der Waals surface area contributed by atoms with Crippen LogP contribution in [-0.4, -0.2) is 37.2 Å². The molecule has 0 rings (SSSR count). The zero-order chi connectivity index (χ0) is 52.2. The molecule has 0 N–H and O–H groups in total. The van der Waals surface area contributed by atoms with Gasteiger partial charge in [0.1, 0.15) is 13.2 Å². The fourth-order valence-corrected chi connectivity index (χ4v) is 9.13. The lowest BCUT2D eigenvalue weighted by atomic mass is 10.0. The van der Waals surface area contributed by atoms with Crippen molar-refractivity contribution in [2.75, 3.05) is 13.2 Å². The van der Waals surface area contributed by atoms with Crippen LogP contribution in [0.25, 0.3) is 0 Å². The molecule has 0 saturated carbocycles. The molecule has 0 saturated heterocycles. The Morgan fingerprint density at radius 2 is 0.542 bits per heavy atom. The maximum absolute atomic E-state index is 12.8. The Labute approximate surface area is 447 Å². The van der Waals surface area contributed by atoms with Crippen LogP contribution in [0, 0.1) is 0 Å². The van der Waals surface area contributed by atoms with Crippen molar-refractivity contribution < 1.29 is 28.6 Å². The largest absolute Gasteiger partial charge is 0.462 e. The molecule has 418 valence electrons. The number of ether oxygens (including phenoxy) is 3. The second kappa shape index (κ2) is 60.7. The lowest BCUT2D eigenvalue weighted by Gasteiger charge is -2.18. The number of carbonyl (C=O) groups is 3. The summed E-state index contributed by atoms with van der Waals surface area (Å²) in [7, 11) is 0. The fourth-order valence-electron chi connectivity index (χ4n) is 9.13. The van der Waals surface area contributed by atoms with Gasteiger partial charge in [0.05, 0.1) is 0 Å². The molecule has 0 spiro atoms. The van der Waals surface area contributed by atoms with E-state index in [0.717, 1.165) is 77.0 Å². The van der Waals surface area contributed by atoms with Crippen LogP contribution >= 0.6 is 0 Å². The number of unbranched alkanes of at least 4 members (excludes halogenated alkanes) is 36. The predicted molar refractivity (Wildman–Crippen MR) is 312 cm³/mol. The lowest BCUT2D eigenvalue weighted by Crippen LogP contribution is -2.30. The van der Waals surface area contributed by atoms with Crippen molar-refractivity contribution in [1.29, 1.82) is 0 Å². The maximum Gasteiger partial charge on any atom is 0.306 e. The SMILES string of the molecule is CC/C=C\C/C=C\C/C=C\C/C=C\C/C=C\CCCC(=O)OC(COC(=O)CCCCCCCCCC)COC(=O)CCCCCCCCCCCCCCCCCCCCCCCCCCCCCCC. The van der Waals surface area contributed by atoms with Crippen LogP contribution in [0.15, 0.2) is 60.8 Å². The normalized spacial score (nSPS) is 12.4. The van der Waals surface area contributed by atoms with Gasteiger partial charge < -0.3 is 14.2 Å². The predicted octanol–water partition coefficient (Wildman–Crippen LogP) is 21.2. The molecule has 0 heterocycles. The minimum absolute atomic E-state index is 0.0933. The number of rotatable bonds is 57. The van der Waals surface area contributed by atoms with E-state index < -0.39 is 6.10 Å². The second-order valence-electron chi connectivity index (χ2n) is 21.0. The first-order valence-corrected chi connectivity index (χ1v) is 31.3. The Morgan fingerprint density at radius 1 is 0.292 bits per heavy atom. The minimum atomic E-state index is -0.800. The summed E-state index contributed by atoms with van der Waals surface area (Å²) >= 11 is 0. The Morgan fingerprint density at radius 3 is 0.833 bits per heavy atom. The zero-order valence-electron chi connectivity index (χ0n) is 47.9. The van der Waals surface area contributed by atoms with Crippen molar-refractivity contribution in [2.45, 2.75) is 329 Å². The molecule has 0 radical (unpaired) electrons. The van der Waals surface area contributed by atoms with Crippen LogP contribution < -0.4 is 0 Å². The van der Waals surface area contributed by atoms with E-state index in [1.807, 2.05) is 0 Å². The Balaban J connectivity index is 4.12. The highest BCUT2D eigenvalue weighted by molar-refractivity contribution is 5.71. The third-order valence-electron chi connectivity index (χ3n) is 13.8. The van der Waals surface area contributed by atoms with Crippen LogP contribution in [0.4, 0.5) is 0 Å². The summed E-state index contributed by atoms with van der Waals surface area (Å²) in [5, 5.41) is 0. The highest BCUT2D eigenvalue weighted by atomic mass is 16.6. The van der Waals surface area contributed by atoms with E-state index in [2.05, 4.69) is 81.5 Å². The molecule has 6 heteroatoms. The summed E-state index contributed by atoms with van der Waals surface area (Å²) in [6.07, 6.45) is 77.0. The number of hydrogen-bond acceptors (Lipinski definition) is 6. The number of carbonyl (C=O) groups excluding carboxylic acids is 3. The smallest absolute Gasteiger partial charge is 0.306 e. The molecule has 1 unspecified atom stereocenters. The van der Waals surface area contributed by atoms with Crippen LogP contribution in [0.3, 0.4) is 0 Å². The Bertz CT molecular complexity index is 1290. The molecule has 0 aliphatic carbocycles. The van der Waals surface area contributed by atoms with E-state index in [9.17, 15) is 14.4 Å². The van der Waals surface area contributed by atoms with Crippen LogP contribution in [0.1, 0.15) is 323 Å². The van der Waals surface area contributed by atoms with Crippen LogP contribution in [0.5, 0.6) is 0 Å². The molecule has 0 fully saturated rings. The molecule has 0 aromatic carbocycles. The van der Waals surface area contributed by atoms with Crippen molar-refractivity contribution in [3.63, 3.8) is 0 Å². The Hall–Kier alpha value is -2.89. The summed E-state index contributed by atoms with van der Waals surface area (Å²) in [5.74, 6) is -0.944. The standard InChI is InChI=1S/C66H118O6/c1-4-7-10-13-16-19-21-23-25-27-28-29-30-31-32-33-34-35-36-37-38-40-41-43-45-47-50-53-56-59-65(68)71-62-63(61-70-64(67)58-55-52-49-18-15-12-9-6-3)72-66(69)60-57-54-51-48-46-44-42-39-26-24-22-20-17-14-11-8-5-2/h8,11,17,20,24,26,42,44,48,51,63H,4-7,9-10,12-16,18-19,21-23,25,27-41,43,45-47,49-50,52-62H2,1-3H3/b11-8-,20-17-,26-24-,44-42-,51-48-. The van der Waals surface area contributed by atoms with Gasteiger partial charge in [-0.25, -0.2) is 0 Å². The molecular weight excluding hydrogens is 889 g/mol. The molecule has 0 bridgehead atoms. The van der Waals surface area contributed by atoms with E-state index >= 15 is 0 Å². The summed E-state index contributed by atoms with van der Waals surface area (Å²) in [6, 6.07) is 0. The van der Waals surface area contributed by atoms with Crippen molar-refractivity contribution in [3.05, 3.63) is 60.8 Å². The lowest BCUT2D eigenvalue weighted by molar-refractivity contribution is -0.167. The van der Waals surface area contributed by atoms with E-state index in [1.165, 1.54) is 199 Å². The van der Waals surface area contributed by atoms with E-state index in [0.29, 0.717) is 19.3 Å². The molecule has 0 aromatic rings. The molecule has 0 amide bonds. The van der Waals surface area contributed by atoms with Gasteiger partial charge in [-0.3, -0.25) is 14.4 Å². The van der Waals surface area contributed by atoms with E-state index in [4.69, 9.17) is 14.2 Å². The van der Waals surface area contributed by atoms with Crippen molar-refractivity contribution >= 4 is 17.9 Å². The minimum Gasteiger partial charge on any atom is -0.462 e. The zero-order valence-corrected chi connectivity index (χ0v) is 47.9. The first-order valence-electron chi connectivity index (χ1n) is 31.3. The molecule has 6 nitrogen and oxygen atoms in total. The second-order valence-corrected chi connectivity index (χ2v) is 21.0. The van der Waals surface area contributed by atoms with Crippen molar-refractivity contribution in [3.8, 4) is 0 Å². The third kappa shape index (κ3) is 58.0. The molecule has 1 atom stereocenters. The topological polar surface area (TPSA) is 78.9 Å². The fraction of sp³-hybridized carbons (Fsp3) is 0.803. The van der Waals surface area contributed by atoms with Gasteiger partial charge in [-0.1, -0.05) is 306 Å². The first kappa shape index (κ1) is 69.1. The average molecular weight is 1010 g/mol. The third-order valence-corrected chi connectivity index (χ3v) is 13.8. The van der Waals surface area contributed by atoms with E-state index in [1.54, 1.807) is 0 Å². The summed E-state index contributed by atoms with van der Waals surface area (Å²) in [4.78, 5) is 38.0. The molecule has 0 aliphatic heterocycles. The van der Waals surface area contributed by atoms with Gasteiger partial charge in [-0.05, 0) is 57.8 Å². The number of esters is 3. The maximum atomic E-state index is 12.8. The van der Waals surface area contributed by atoms with E-state index in [-0.39, 0.29) is 37.5 Å². The summed E-state index contributed by atoms with van der Waals surface area (Å²) in [5.41, 5.74) is 0. The van der Waals surface area contributed by atoms with Crippen molar-refractivity contribution in [2.24, 2.45) is 0 Å². The molecule has 72 heavy (non-hydrogen) atoms. The van der Waals surface area contributed by atoms with Gasteiger partial charge >= 0.3 is 17.9 Å². The van der Waals surface area contributed by atoms with Gasteiger partial charge in [-0.2, -0.15) is 0 Å². The van der Waals surface area contributed by atoms with Crippen LogP contribution in [-0.2, 0) is 28.6 Å². The van der Waals surface area contributed by atoms with Gasteiger partial charge in [0, 0.05) is 19.3 Å². The van der Waals surface area contributed by atoms with Gasteiger partial charge in [0.2, 0.25) is 0 Å². The quantitative estimate of drug-likeness (QED) is 0.0261. The van der Waals surface area contributed by atoms with Gasteiger partial charge in [-0.15, -0.1) is 0 Å². The highest BCUT2D eigenvalue weighted by Crippen LogP contribution is 2.18. The molecule has 0 aliphatic rings. The average Bonchev–Trinajstić information content (AvgIpc) is 3.38. The van der Waals surface area contributed by atoms with Crippen LogP contribution in [0.2, 0.25) is 0 Å². The number of allylic oxidation sites excluding steroid dienone is 10. The monoisotopic (exact) mass is 1010 g/mol. The van der Waals surface area contributed by atoms with Gasteiger partial charge in [0.25, 0.3) is 0 Å². The molecular formula is C66H118O6. The van der Waals surface area contributed by atoms with Gasteiger partial charge in [0.15, 0.2) is 6.10 Å². The van der Waals surface area contributed by atoms with Crippen molar-refractivity contribution in [1.82, 2.24) is 0 Å². The summed E-state index contributed by atoms with van der Waals surface area (Å²) in [6.45, 7) is 6.49. The molecule has 0 aromatic heterocycles.